The smallest absolute Gasteiger partial charge is 0.246 e. The fourth-order valence-electron chi connectivity index (χ4n) is 0.917. The second-order valence-electron chi connectivity index (χ2n) is 2.74. The van der Waals surface area contributed by atoms with E-state index >= 15 is 0 Å². The molecule has 1 atom stereocenters. The summed E-state index contributed by atoms with van der Waals surface area (Å²) in [4.78, 5) is 33.6. The zero-order valence-electron chi connectivity index (χ0n) is 7.90. The highest BCUT2D eigenvalue weighted by atomic mass is 16.2. The average Bonchev–Trinajstić information content (AvgIpc) is 2.11. The molecule has 0 aromatic heterocycles. The van der Waals surface area contributed by atoms with Crippen LogP contribution in [0.5, 0.6) is 0 Å². The van der Waals surface area contributed by atoms with Crippen molar-refractivity contribution in [2.45, 2.75) is 12.5 Å². The van der Waals surface area contributed by atoms with Gasteiger partial charge < -0.3 is 16.4 Å². The quantitative estimate of drug-likeness (QED) is 0.518. The van der Waals surface area contributed by atoms with E-state index in [-0.39, 0.29) is 6.42 Å². The zero-order valence-corrected chi connectivity index (χ0v) is 7.90. The lowest BCUT2D eigenvalue weighted by atomic mass is 10.1. The molecule has 0 rings (SSSR count). The molecular weight excluding hydrogens is 186 g/mol. The first kappa shape index (κ1) is 12.2. The van der Waals surface area contributed by atoms with Gasteiger partial charge in [-0.25, -0.2) is 0 Å². The molecule has 0 saturated heterocycles. The third-order valence-corrected chi connectivity index (χ3v) is 1.71. The van der Waals surface area contributed by atoms with E-state index in [0.717, 1.165) is 11.0 Å². The van der Waals surface area contributed by atoms with Gasteiger partial charge in [0.05, 0.1) is 6.42 Å². The van der Waals surface area contributed by atoms with Crippen molar-refractivity contribution >= 4 is 17.7 Å². The molecule has 0 unspecified atom stereocenters. The highest BCUT2D eigenvalue weighted by Gasteiger charge is 2.25. The largest absolute Gasteiger partial charge is 0.370 e. The molecule has 0 fully saturated rings. The molecule has 78 valence electrons. The van der Waals surface area contributed by atoms with Gasteiger partial charge in [-0.2, -0.15) is 0 Å². The molecular formula is C8H13N3O3. The molecule has 0 heterocycles. The Bertz CT molecular complexity index is 275. The summed E-state index contributed by atoms with van der Waals surface area (Å²) in [5.74, 6) is -1.96. The van der Waals surface area contributed by atoms with E-state index in [2.05, 4.69) is 6.58 Å². The van der Waals surface area contributed by atoms with Gasteiger partial charge in [-0.05, 0) is 6.08 Å². The van der Waals surface area contributed by atoms with Crippen LogP contribution in [0.2, 0.25) is 0 Å². The van der Waals surface area contributed by atoms with Crippen LogP contribution in [0.25, 0.3) is 0 Å². The van der Waals surface area contributed by atoms with Gasteiger partial charge in [-0.15, -0.1) is 0 Å². The maximum absolute atomic E-state index is 11.1. The lowest BCUT2D eigenvalue weighted by molar-refractivity contribution is -0.136. The lowest BCUT2D eigenvalue weighted by Crippen LogP contribution is -2.47. The van der Waals surface area contributed by atoms with Gasteiger partial charge in [-0.3, -0.25) is 14.4 Å². The Morgan fingerprint density at radius 2 is 1.93 bits per heavy atom. The van der Waals surface area contributed by atoms with Crippen LogP contribution in [-0.4, -0.2) is 35.7 Å². The van der Waals surface area contributed by atoms with Gasteiger partial charge in [0.25, 0.3) is 0 Å². The fourth-order valence-corrected chi connectivity index (χ4v) is 0.917. The molecule has 14 heavy (non-hydrogen) atoms. The molecule has 6 nitrogen and oxygen atoms in total. The van der Waals surface area contributed by atoms with Crippen molar-refractivity contribution in [3.63, 3.8) is 0 Å². The van der Waals surface area contributed by atoms with E-state index in [0.29, 0.717) is 0 Å². The van der Waals surface area contributed by atoms with Crippen LogP contribution in [0.3, 0.4) is 0 Å². The number of amides is 3. The molecule has 0 bridgehead atoms. The normalized spacial score (nSPS) is 11.5. The molecule has 4 N–H and O–H groups in total. The van der Waals surface area contributed by atoms with Gasteiger partial charge in [0, 0.05) is 7.05 Å². The summed E-state index contributed by atoms with van der Waals surface area (Å²) < 4.78 is 0. The average molecular weight is 199 g/mol. The minimum Gasteiger partial charge on any atom is -0.370 e. The van der Waals surface area contributed by atoms with Crippen molar-refractivity contribution in [3.8, 4) is 0 Å². The van der Waals surface area contributed by atoms with Crippen LogP contribution < -0.4 is 11.5 Å². The molecule has 0 aliphatic carbocycles. The van der Waals surface area contributed by atoms with Crippen LogP contribution in [-0.2, 0) is 14.4 Å². The van der Waals surface area contributed by atoms with Gasteiger partial charge in [0.1, 0.15) is 6.04 Å². The predicted octanol–water partition coefficient (Wildman–Crippen LogP) is -1.64. The number of nitrogens with two attached hydrogens (primary N) is 2. The first-order chi connectivity index (χ1) is 6.40. The van der Waals surface area contributed by atoms with Crippen LogP contribution in [0.15, 0.2) is 12.7 Å². The van der Waals surface area contributed by atoms with Crippen molar-refractivity contribution < 1.29 is 14.4 Å². The first-order valence-corrected chi connectivity index (χ1v) is 3.87. The summed E-state index contributed by atoms with van der Waals surface area (Å²) in [7, 11) is 1.35. The molecule has 0 radical (unpaired) electrons. The second kappa shape index (κ2) is 5.00. The van der Waals surface area contributed by atoms with Gasteiger partial charge in [0.2, 0.25) is 17.7 Å². The Kier molecular flexibility index (Phi) is 4.34. The summed E-state index contributed by atoms with van der Waals surface area (Å²) >= 11 is 0. The van der Waals surface area contributed by atoms with Crippen LogP contribution in [0, 0.1) is 0 Å². The van der Waals surface area contributed by atoms with Crippen molar-refractivity contribution in [2.24, 2.45) is 11.5 Å². The van der Waals surface area contributed by atoms with Crippen LogP contribution in [0.4, 0.5) is 0 Å². The number of nitrogens with zero attached hydrogens (tertiary/aromatic N) is 1. The number of carbonyl (C=O) groups excluding carboxylic acids is 3. The highest BCUT2D eigenvalue weighted by molar-refractivity contribution is 5.94. The van der Waals surface area contributed by atoms with Crippen LogP contribution in [0.1, 0.15) is 6.42 Å². The Morgan fingerprint density at radius 1 is 1.43 bits per heavy atom. The molecule has 0 aromatic rings. The van der Waals surface area contributed by atoms with E-state index in [1.165, 1.54) is 7.05 Å². The fraction of sp³-hybridized carbons (Fsp3) is 0.375. The highest BCUT2D eigenvalue weighted by Crippen LogP contribution is 2.01. The van der Waals surface area contributed by atoms with E-state index in [4.69, 9.17) is 11.5 Å². The van der Waals surface area contributed by atoms with E-state index in [1.807, 2.05) is 0 Å². The van der Waals surface area contributed by atoms with E-state index < -0.39 is 23.8 Å². The molecule has 3 amide bonds. The number of rotatable bonds is 5. The molecule has 0 aliphatic heterocycles. The maximum Gasteiger partial charge on any atom is 0.246 e. The molecule has 0 aliphatic rings. The van der Waals surface area contributed by atoms with Crippen molar-refractivity contribution in [2.75, 3.05) is 7.05 Å². The van der Waals surface area contributed by atoms with E-state index in [1.54, 1.807) is 0 Å². The number of hydrogen-bond acceptors (Lipinski definition) is 3. The van der Waals surface area contributed by atoms with Gasteiger partial charge in [0.15, 0.2) is 0 Å². The van der Waals surface area contributed by atoms with Gasteiger partial charge >= 0.3 is 0 Å². The Balaban J connectivity index is 4.64. The third-order valence-electron chi connectivity index (χ3n) is 1.71. The van der Waals surface area contributed by atoms with Crippen molar-refractivity contribution in [3.05, 3.63) is 12.7 Å². The zero-order chi connectivity index (χ0) is 11.3. The Hall–Kier alpha value is -1.85. The lowest BCUT2D eigenvalue weighted by Gasteiger charge is -2.23. The number of primary amides is 2. The van der Waals surface area contributed by atoms with Gasteiger partial charge in [-0.1, -0.05) is 6.58 Å². The standard InChI is InChI=1S/C8H13N3O3/c1-3-7(13)11(2)5(8(10)14)4-6(9)12/h3,5H,1,4H2,2H3,(H2,9,12)(H2,10,14)/t5-/m0/s1. The molecule has 6 heteroatoms. The summed E-state index contributed by atoms with van der Waals surface area (Å²) in [5.41, 5.74) is 9.90. The Labute approximate surface area is 81.5 Å². The summed E-state index contributed by atoms with van der Waals surface area (Å²) in [6, 6.07) is -1.02. The number of likely N-dealkylation sites (N-methyl/N-ethyl adjacent to an activating group) is 1. The minimum absolute atomic E-state index is 0.286. The molecule has 0 aromatic carbocycles. The van der Waals surface area contributed by atoms with E-state index in [9.17, 15) is 14.4 Å². The van der Waals surface area contributed by atoms with Crippen LogP contribution >= 0.6 is 0 Å². The number of carbonyl (C=O) groups is 3. The summed E-state index contributed by atoms with van der Waals surface area (Å²) in [6.45, 7) is 3.24. The monoisotopic (exact) mass is 199 g/mol. The molecule has 0 spiro atoms. The summed E-state index contributed by atoms with van der Waals surface area (Å²) in [6.07, 6.45) is 0.738. The topological polar surface area (TPSA) is 106 Å². The second-order valence-corrected chi connectivity index (χ2v) is 2.74. The predicted molar refractivity (Wildman–Crippen MR) is 49.8 cm³/mol. The number of hydrogen-bond donors (Lipinski definition) is 2. The first-order valence-electron chi connectivity index (χ1n) is 3.87. The molecule has 0 saturated carbocycles. The third kappa shape index (κ3) is 3.26. The SMILES string of the molecule is C=CC(=O)N(C)[C@@H](CC(N)=O)C(N)=O. The van der Waals surface area contributed by atoms with Crippen molar-refractivity contribution in [1.29, 1.82) is 0 Å². The van der Waals surface area contributed by atoms with Crippen molar-refractivity contribution in [1.82, 2.24) is 4.90 Å². The Morgan fingerprint density at radius 3 is 2.21 bits per heavy atom. The maximum atomic E-state index is 11.1. The minimum atomic E-state index is -1.02. The summed E-state index contributed by atoms with van der Waals surface area (Å²) in [5, 5.41) is 0.